The van der Waals surface area contributed by atoms with Crippen LogP contribution in [0.25, 0.3) is 10.8 Å². The minimum Gasteiger partial charge on any atom is -0.456 e. The molecule has 0 aliphatic carbocycles. The van der Waals surface area contributed by atoms with E-state index in [1.807, 2.05) is 49.4 Å². The Morgan fingerprint density at radius 1 is 1.10 bits per heavy atom. The third kappa shape index (κ3) is 4.60. The molecule has 2 rings (SSSR count). The Labute approximate surface area is 124 Å². The Morgan fingerprint density at radius 3 is 2.62 bits per heavy atom. The lowest BCUT2D eigenvalue weighted by Crippen LogP contribution is -2.20. The minimum atomic E-state index is -0.328. The van der Waals surface area contributed by atoms with Crippen molar-refractivity contribution in [2.75, 3.05) is 11.9 Å². The lowest BCUT2D eigenvalue weighted by molar-refractivity contribution is -0.147. The molecule has 0 fully saturated rings. The second-order valence-electron chi connectivity index (χ2n) is 4.87. The number of ether oxygens (including phenoxy) is 1. The van der Waals surface area contributed by atoms with Crippen LogP contribution in [0.1, 0.15) is 26.2 Å². The normalized spacial score (nSPS) is 10.3. The first-order valence-corrected chi connectivity index (χ1v) is 7.13. The second kappa shape index (κ2) is 7.43. The van der Waals surface area contributed by atoms with Gasteiger partial charge >= 0.3 is 5.97 Å². The van der Waals surface area contributed by atoms with E-state index in [0.29, 0.717) is 12.1 Å². The minimum absolute atomic E-state index is 0.241. The van der Waals surface area contributed by atoms with E-state index in [-0.39, 0.29) is 18.5 Å². The van der Waals surface area contributed by atoms with Crippen LogP contribution >= 0.6 is 0 Å². The summed E-state index contributed by atoms with van der Waals surface area (Å²) in [7, 11) is 0. The van der Waals surface area contributed by atoms with Crippen molar-refractivity contribution in [3.8, 4) is 0 Å². The molecule has 0 spiro atoms. The number of unbranched alkanes of at least 4 members (excludes halogenated alkanes) is 1. The zero-order chi connectivity index (χ0) is 15.1. The quantitative estimate of drug-likeness (QED) is 0.826. The molecule has 0 radical (unpaired) electrons. The van der Waals surface area contributed by atoms with E-state index in [0.717, 1.165) is 23.6 Å². The molecule has 0 aliphatic rings. The van der Waals surface area contributed by atoms with Gasteiger partial charge in [-0.15, -0.1) is 0 Å². The average molecular weight is 285 g/mol. The molecule has 2 aromatic rings. The molecule has 0 unspecified atom stereocenters. The summed E-state index contributed by atoms with van der Waals surface area (Å²) >= 11 is 0. The standard InChI is InChI=1S/C17H19NO3/c1-2-3-8-17(20)21-12-16(19)18-15-10-9-13-6-4-5-7-14(13)11-15/h4-7,9-11H,2-3,8,12H2,1H3,(H,18,19). The summed E-state index contributed by atoms with van der Waals surface area (Å²) in [6.07, 6.45) is 2.07. The van der Waals surface area contributed by atoms with Crippen LogP contribution in [-0.4, -0.2) is 18.5 Å². The molecule has 0 heterocycles. The molecule has 4 heteroatoms. The first-order valence-electron chi connectivity index (χ1n) is 7.13. The molecule has 0 aliphatic heterocycles. The van der Waals surface area contributed by atoms with Gasteiger partial charge in [0, 0.05) is 12.1 Å². The van der Waals surface area contributed by atoms with E-state index in [1.54, 1.807) is 0 Å². The van der Waals surface area contributed by atoms with Crippen LogP contribution in [0.3, 0.4) is 0 Å². The van der Waals surface area contributed by atoms with Gasteiger partial charge in [0.2, 0.25) is 0 Å². The maximum absolute atomic E-state index is 11.7. The lowest BCUT2D eigenvalue weighted by Gasteiger charge is -2.07. The number of carbonyl (C=O) groups excluding carboxylic acids is 2. The van der Waals surface area contributed by atoms with Gasteiger partial charge in [-0.25, -0.2) is 0 Å². The van der Waals surface area contributed by atoms with Gasteiger partial charge in [-0.1, -0.05) is 43.7 Å². The van der Waals surface area contributed by atoms with Gasteiger partial charge in [0.05, 0.1) is 0 Å². The Morgan fingerprint density at radius 2 is 1.86 bits per heavy atom. The smallest absolute Gasteiger partial charge is 0.306 e. The van der Waals surface area contributed by atoms with Crippen LogP contribution < -0.4 is 5.32 Å². The van der Waals surface area contributed by atoms with Gasteiger partial charge in [0.1, 0.15) is 0 Å². The Hall–Kier alpha value is -2.36. The number of hydrogen-bond acceptors (Lipinski definition) is 3. The van der Waals surface area contributed by atoms with Gasteiger partial charge in [-0.05, 0) is 29.3 Å². The van der Waals surface area contributed by atoms with Crippen molar-refractivity contribution in [3.05, 3.63) is 42.5 Å². The lowest BCUT2D eigenvalue weighted by atomic mass is 10.1. The molecular formula is C17H19NO3. The number of amides is 1. The highest BCUT2D eigenvalue weighted by Gasteiger charge is 2.07. The summed E-state index contributed by atoms with van der Waals surface area (Å²) in [4.78, 5) is 23.1. The largest absolute Gasteiger partial charge is 0.456 e. The topological polar surface area (TPSA) is 55.4 Å². The number of nitrogens with one attached hydrogen (secondary N) is 1. The molecule has 1 amide bonds. The molecule has 21 heavy (non-hydrogen) atoms. The van der Waals surface area contributed by atoms with Gasteiger partial charge in [0.25, 0.3) is 5.91 Å². The summed E-state index contributed by atoms with van der Waals surface area (Å²) in [5, 5.41) is 4.89. The van der Waals surface area contributed by atoms with Crippen molar-refractivity contribution in [1.29, 1.82) is 0 Å². The van der Waals surface area contributed by atoms with Crippen LogP contribution in [0.4, 0.5) is 5.69 Å². The summed E-state index contributed by atoms with van der Waals surface area (Å²) in [6.45, 7) is 1.76. The van der Waals surface area contributed by atoms with Crippen LogP contribution in [0.2, 0.25) is 0 Å². The highest BCUT2D eigenvalue weighted by Crippen LogP contribution is 2.18. The maximum Gasteiger partial charge on any atom is 0.306 e. The number of carbonyl (C=O) groups is 2. The van der Waals surface area contributed by atoms with Crippen LogP contribution in [0.15, 0.2) is 42.5 Å². The summed E-state index contributed by atoms with van der Waals surface area (Å²) in [6, 6.07) is 13.6. The number of esters is 1. The van der Waals surface area contributed by atoms with Crippen molar-refractivity contribution in [2.24, 2.45) is 0 Å². The summed E-state index contributed by atoms with van der Waals surface area (Å²) < 4.78 is 4.91. The first kappa shape index (κ1) is 15.0. The van der Waals surface area contributed by atoms with Gasteiger partial charge < -0.3 is 10.1 Å². The molecular weight excluding hydrogens is 266 g/mol. The van der Waals surface area contributed by atoms with E-state index in [9.17, 15) is 9.59 Å². The Bertz CT molecular complexity index is 637. The number of benzene rings is 2. The van der Waals surface area contributed by atoms with E-state index in [1.165, 1.54) is 0 Å². The maximum atomic E-state index is 11.7. The van der Waals surface area contributed by atoms with Gasteiger partial charge in [-0.2, -0.15) is 0 Å². The molecule has 110 valence electrons. The van der Waals surface area contributed by atoms with Crippen LogP contribution in [0.5, 0.6) is 0 Å². The highest BCUT2D eigenvalue weighted by atomic mass is 16.5. The fourth-order valence-corrected chi connectivity index (χ4v) is 2.00. The average Bonchev–Trinajstić information content (AvgIpc) is 2.50. The number of hydrogen-bond donors (Lipinski definition) is 1. The predicted molar refractivity (Wildman–Crippen MR) is 83.1 cm³/mol. The molecule has 0 atom stereocenters. The second-order valence-corrected chi connectivity index (χ2v) is 4.87. The van der Waals surface area contributed by atoms with Gasteiger partial charge in [-0.3, -0.25) is 9.59 Å². The monoisotopic (exact) mass is 285 g/mol. The molecule has 1 N–H and O–H groups in total. The molecule has 0 aromatic heterocycles. The number of fused-ring (bicyclic) bond motifs is 1. The van der Waals surface area contributed by atoms with Crippen molar-refractivity contribution in [2.45, 2.75) is 26.2 Å². The third-order valence-electron chi connectivity index (χ3n) is 3.13. The van der Waals surface area contributed by atoms with E-state index in [2.05, 4.69) is 5.32 Å². The predicted octanol–water partition coefficient (Wildman–Crippen LogP) is 3.51. The van der Waals surface area contributed by atoms with Crippen LogP contribution in [0, 0.1) is 0 Å². The van der Waals surface area contributed by atoms with Crippen LogP contribution in [-0.2, 0) is 14.3 Å². The zero-order valence-corrected chi connectivity index (χ0v) is 12.1. The van der Waals surface area contributed by atoms with Crippen molar-refractivity contribution >= 4 is 28.3 Å². The van der Waals surface area contributed by atoms with Crippen molar-refractivity contribution in [1.82, 2.24) is 0 Å². The summed E-state index contributed by atoms with van der Waals surface area (Å²) in [5.41, 5.74) is 0.698. The van der Waals surface area contributed by atoms with E-state index in [4.69, 9.17) is 4.74 Å². The molecule has 4 nitrogen and oxygen atoms in total. The zero-order valence-electron chi connectivity index (χ0n) is 12.1. The van der Waals surface area contributed by atoms with Crippen molar-refractivity contribution < 1.29 is 14.3 Å². The van der Waals surface area contributed by atoms with Gasteiger partial charge in [0.15, 0.2) is 6.61 Å². The number of rotatable bonds is 6. The third-order valence-corrected chi connectivity index (χ3v) is 3.13. The molecule has 2 aromatic carbocycles. The SMILES string of the molecule is CCCCC(=O)OCC(=O)Nc1ccc2ccccc2c1. The Kier molecular flexibility index (Phi) is 5.32. The van der Waals surface area contributed by atoms with E-state index >= 15 is 0 Å². The Balaban J connectivity index is 1.88. The first-order chi connectivity index (χ1) is 10.2. The summed E-state index contributed by atoms with van der Waals surface area (Å²) in [5.74, 6) is -0.652. The molecule has 0 bridgehead atoms. The van der Waals surface area contributed by atoms with Crippen molar-refractivity contribution in [3.63, 3.8) is 0 Å². The fourth-order valence-electron chi connectivity index (χ4n) is 2.00. The molecule has 0 saturated carbocycles. The molecule has 0 saturated heterocycles. The number of anilines is 1. The highest BCUT2D eigenvalue weighted by molar-refractivity contribution is 5.95. The fraction of sp³-hybridized carbons (Fsp3) is 0.294. The van der Waals surface area contributed by atoms with E-state index < -0.39 is 0 Å².